The summed E-state index contributed by atoms with van der Waals surface area (Å²) in [7, 11) is 7.56. The highest BCUT2D eigenvalue weighted by Crippen LogP contribution is 2.33. The van der Waals surface area contributed by atoms with Gasteiger partial charge in [-0.15, -0.1) is 0 Å². The molecule has 0 radical (unpaired) electrons. The van der Waals surface area contributed by atoms with Crippen LogP contribution in [0.15, 0.2) is 264 Å². The normalized spacial score (nSPS) is 11.2. The first kappa shape index (κ1) is 67.3. The maximum atomic E-state index is 9.43. The van der Waals surface area contributed by atoms with E-state index in [-0.39, 0.29) is 5.69 Å². The van der Waals surface area contributed by atoms with E-state index in [1.165, 1.54) is 0 Å². The molecular weight excluding hydrogens is 1380 g/mol. The van der Waals surface area contributed by atoms with Gasteiger partial charge in [0, 0.05) is 206 Å². The van der Waals surface area contributed by atoms with Crippen molar-refractivity contribution in [1.82, 2.24) is 126 Å². The Bertz CT molecular complexity index is 6720. The summed E-state index contributed by atoms with van der Waals surface area (Å²) in [6.07, 6.45) is 47.7. The number of fused-ring (bicyclic) bond motifs is 6. The molecule has 0 saturated heterocycles. The number of benzene rings is 4. The Morgan fingerprint density at radius 1 is 0.382 bits per heavy atom. The van der Waals surface area contributed by atoms with Gasteiger partial charge in [0.25, 0.3) is 0 Å². The lowest BCUT2D eigenvalue weighted by Gasteiger charge is -2.10. The minimum absolute atomic E-state index is 0.290. The van der Waals surface area contributed by atoms with E-state index in [1.807, 2.05) is 252 Å². The summed E-state index contributed by atoms with van der Waals surface area (Å²) in [5.74, 6) is 2.61. The molecule has 0 aliphatic rings. The first-order valence-corrected chi connectivity index (χ1v) is 34.5. The van der Waals surface area contributed by atoms with Crippen molar-refractivity contribution in [2.45, 2.75) is 13.8 Å². The molecule has 0 fully saturated rings. The van der Waals surface area contributed by atoms with Crippen LogP contribution < -0.4 is 21.3 Å². The Balaban J connectivity index is 0.000000107. The third-order valence-corrected chi connectivity index (χ3v) is 18.0. The predicted molar refractivity (Wildman–Crippen MR) is 419 cm³/mol. The average molecular weight is 1450 g/mol. The molecule has 16 aromatic heterocycles. The van der Waals surface area contributed by atoms with E-state index in [4.69, 9.17) is 0 Å². The number of nitrogens with one attached hydrogen (secondary N) is 4. The second kappa shape index (κ2) is 29.0. The number of nitrogens with zero attached hydrogens (tertiary/aromatic N) is 27. The number of nitriles is 1. The van der Waals surface area contributed by atoms with Crippen LogP contribution in [0.3, 0.4) is 0 Å². The Kier molecular flexibility index (Phi) is 17.7. The molecule has 0 bridgehead atoms. The Morgan fingerprint density at radius 2 is 0.864 bits per heavy atom. The molecule has 536 valence electrons. The second-order valence-electron chi connectivity index (χ2n) is 25.6. The van der Waals surface area contributed by atoms with Crippen molar-refractivity contribution < 1.29 is 0 Å². The van der Waals surface area contributed by atoms with Crippen LogP contribution in [0.25, 0.3) is 101 Å². The fraction of sp³-hybridized carbons (Fsp3) is 0.0759. The molecule has 31 nitrogen and oxygen atoms in total. The van der Waals surface area contributed by atoms with E-state index in [0.29, 0.717) is 28.9 Å². The molecule has 20 aromatic rings. The molecule has 0 saturated carbocycles. The monoisotopic (exact) mass is 1450 g/mol. The number of hydrogen-bond donors (Lipinski definition) is 4. The number of aryl methyl sites for hydroxylation is 6. The second-order valence-corrected chi connectivity index (χ2v) is 25.6. The van der Waals surface area contributed by atoms with Crippen LogP contribution in [0.2, 0.25) is 0 Å². The quantitative estimate of drug-likeness (QED) is 0.0786. The zero-order chi connectivity index (χ0) is 74.8. The van der Waals surface area contributed by atoms with Crippen molar-refractivity contribution >= 4 is 90.2 Å². The topological polar surface area (TPSA) is 325 Å². The number of pyridine rings is 2. The molecule has 4 N–H and O–H groups in total. The van der Waals surface area contributed by atoms with E-state index >= 15 is 0 Å². The summed E-state index contributed by atoms with van der Waals surface area (Å²) in [4.78, 5) is 48.4. The van der Waals surface area contributed by atoms with E-state index in [0.717, 1.165) is 129 Å². The largest absolute Gasteiger partial charge is 0.337 e. The van der Waals surface area contributed by atoms with E-state index in [9.17, 15) is 5.26 Å². The van der Waals surface area contributed by atoms with Crippen LogP contribution in [0.1, 0.15) is 17.1 Å². The first-order chi connectivity index (χ1) is 53.9. The summed E-state index contributed by atoms with van der Waals surface area (Å²) >= 11 is 0. The van der Waals surface area contributed by atoms with Gasteiger partial charge in [0.1, 0.15) is 6.07 Å². The van der Waals surface area contributed by atoms with Gasteiger partial charge >= 0.3 is 0 Å². The number of aromatic nitrogens is 26. The first-order valence-electron chi connectivity index (χ1n) is 34.5. The molecule has 20 rings (SSSR count). The Labute approximate surface area is 625 Å². The standard InChI is InChI=1S/C21H20N8.C20H15N9.2C19H15N7/c1-14-10-15(2)29(26-14)18-6-4-17(5-7-18)25-20-21-23-12-19(28(21)9-8-22-20)16-11-24-27(3)13-16;1-27-11-14(9-24-27)18-10-23-20-19(26-16(8-21)12-29(18)20)25-15-2-4-17(5-3-15)28-7-6-22-13-28;1-25-12-15(10-23-25)17-11-22-19-18(21-6-7-26(17)19)24-16-3-2-14-9-20-5-4-13(14)8-16;1-25-12-14(10-23-25)17-11-22-19-18(21-7-8-26(17)19)24-16-4-2-3-13-9-20-6-5-15(13)16/h4-13H,1-3H3,(H,22,25);2-7,9-13H,1H3,(H,25,26);2*2-12H,1H3,(H,21,24). The van der Waals surface area contributed by atoms with Crippen LogP contribution in [0.4, 0.5) is 46.0 Å². The van der Waals surface area contributed by atoms with Crippen molar-refractivity contribution in [1.29, 1.82) is 5.26 Å². The van der Waals surface area contributed by atoms with Crippen molar-refractivity contribution in [3.05, 3.63) is 281 Å². The molecule has 0 aliphatic heterocycles. The van der Waals surface area contributed by atoms with Gasteiger partial charge in [-0.3, -0.25) is 46.3 Å². The zero-order valence-electron chi connectivity index (χ0n) is 59.9. The van der Waals surface area contributed by atoms with Crippen molar-refractivity contribution in [3.8, 4) is 62.5 Å². The van der Waals surface area contributed by atoms with E-state index in [1.54, 1.807) is 80.8 Å². The molecule has 31 heteroatoms. The van der Waals surface area contributed by atoms with Gasteiger partial charge < -0.3 is 25.8 Å². The molecule has 110 heavy (non-hydrogen) atoms. The lowest BCUT2D eigenvalue weighted by molar-refractivity contribution is 0.768. The maximum absolute atomic E-state index is 9.43. The minimum Gasteiger partial charge on any atom is -0.337 e. The molecule has 0 atom stereocenters. The van der Waals surface area contributed by atoms with E-state index in [2.05, 4.69) is 127 Å². The molecule has 0 spiro atoms. The van der Waals surface area contributed by atoms with Gasteiger partial charge in [0.05, 0.1) is 90.1 Å². The van der Waals surface area contributed by atoms with Gasteiger partial charge in [-0.1, -0.05) is 18.2 Å². The lowest BCUT2D eigenvalue weighted by atomic mass is 10.1. The number of anilines is 8. The summed E-state index contributed by atoms with van der Waals surface area (Å²) < 4.78 is 18.8. The SMILES string of the molecule is Cc1cc(C)n(-c2ccc(Nc3nccn4c(-c5cnn(C)c5)cnc34)cc2)n1.Cn1cc(-c2cnc3c(Nc4ccc(-n5ccnc5)cc4)nc(C#N)cn23)cn1.Cn1cc(-c2cnc3c(Nc4ccc5cnccc5c4)nccn23)cn1.Cn1cc(-c2cnc3c(Nc4cccc5cnccc45)nccn23)cn1. The van der Waals surface area contributed by atoms with Crippen molar-refractivity contribution in [2.75, 3.05) is 21.3 Å². The third-order valence-electron chi connectivity index (χ3n) is 18.0. The molecule has 0 unspecified atom stereocenters. The van der Waals surface area contributed by atoms with Crippen LogP contribution in [-0.4, -0.2) is 126 Å². The highest BCUT2D eigenvalue weighted by molar-refractivity contribution is 5.96. The Hall–Kier alpha value is -15.9. The van der Waals surface area contributed by atoms with Gasteiger partial charge in [-0.25, -0.2) is 49.5 Å². The average Bonchev–Trinajstić information content (AvgIpc) is 1.63. The molecule has 4 aromatic carbocycles. The lowest BCUT2D eigenvalue weighted by Crippen LogP contribution is -2.01. The fourth-order valence-corrected chi connectivity index (χ4v) is 12.9. The molecule has 0 amide bonds. The highest BCUT2D eigenvalue weighted by atomic mass is 15.3. The van der Waals surface area contributed by atoms with E-state index < -0.39 is 0 Å². The van der Waals surface area contributed by atoms with Gasteiger partial charge in [0.15, 0.2) is 51.6 Å². The fourth-order valence-electron chi connectivity index (χ4n) is 12.9. The summed E-state index contributed by atoms with van der Waals surface area (Å²) in [5, 5.41) is 48.7. The van der Waals surface area contributed by atoms with Gasteiger partial charge in [-0.2, -0.15) is 30.8 Å². The number of rotatable bonds is 14. The van der Waals surface area contributed by atoms with Crippen LogP contribution >= 0.6 is 0 Å². The summed E-state index contributed by atoms with van der Waals surface area (Å²) in [5.41, 5.74) is 18.7. The summed E-state index contributed by atoms with van der Waals surface area (Å²) in [6, 6.07) is 36.3. The highest BCUT2D eigenvalue weighted by Gasteiger charge is 2.19. The van der Waals surface area contributed by atoms with Crippen LogP contribution in [0, 0.1) is 25.2 Å². The minimum atomic E-state index is 0.290. The zero-order valence-corrected chi connectivity index (χ0v) is 59.9. The van der Waals surface area contributed by atoms with Crippen molar-refractivity contribution in [3.63, 3.8) is 0 Å². The third kappa shape index (κ3) is 13.7. The number of hydrogen-bond acceptors (Lipinski definition) is 21. The maximum Gasteiger partial charge on any atom is 0.181 e. The van der Waals surface area contributed by atoms with Crippen molar-refractivity contribution in [2.24, 2.45) is 28.2 Å². The smallest absolute Gasteiger partial charge is 0.181 e. The Morgan fingerprint density at radius 3 is 1.36 bits per heavy atom. The van der Waals surface area contributed by atoms with Gasteiger partial charge in [-0.05, 0) is 104 Å². The summed E-state index contributed by atoms with van der Waals surface area (Å²) in [6.45, 7) is 4.05. The van der Waals surface area contributed by atoms with Crippen LogP contribution in [-0.2, 0) is 28.2 Å². The predicted octanol–water partition coefficient (Wildman–Crippen LogP) is 13.4. The van der Waals surface area contributed by atoms with Gasteiger partial charge in [0.2, 0.25) is 0 Å². The molecule has 16 heterocycles. The molecule has 0 aliphatic carbocycles. The molecular formula is C79H65N31. The van der Waals surface area contributed by atoms with Crippen LogP contribution in [0.5, 0.6) is 0 Å². The number of imidazole rings is 5.